The van der Waals surface area contributed by atoms with E-state index in [4.69, 9.17) is 0 Å². The normalized spacial score (nSPS) is 13.7. The van der Waals surface area contributed by atoms with Crippen molar-refractivity contribution in [2.75, 3.05) is 6.54 Å². The minimum Gasteiger partial charge on any atom is -0.507 e. The van der Waals surface area contributed by atoms with Crippen LogP contribution in [0, 0.1) is 0 Å². The molecule has 1 aromatic rings. The molecular formula is C21H33NO3S. The van der Waals surface area contributed by atoms with Crippen molar-refractivity contribution in [1.29, 1.82) is 0 Å². The highest BCUT2D eigenvalue weighted by molar-refractivity contribution is 7.93. The largest absolute Gasteiger partial charge is 0.507 e. The van der Waals surface area contributed by atoms with Gasteiger partial charge in [-0.1, -0.05) is 54.5 Å². The predicted molar refractivity (Wildman–Crippen MR) is 111 cm³/mol. The molecule has 0 heterocycles. The summed E-state index contributed by atoms with van der Waals surface area (Å²) in [5.41, 5.74) is 1.82. The molecule has 0 aliphatic carbocycles. The maximum Gasteiger partial charge on any atom is 0.237 e. The zero-order valence-electron chi connectivity index (χ0n) is 17.1. The zero-order valence-corrected chi connectivity index (χ0v) is 17.9. The highest BCUT2D eigenvalue weighted by Gasteiger charge is 2.26. The van der Waals surface area contributed by atoms with Crippen molar-refractivity contribution in [3.63, 3.8) is 0 Å². The third-order valence-corrected chi connectivity index (χ3v) is 5.74. The van der Waals surface area contributed by atoms with Crippen LogP contribution in [0.5, 0.6) is 5.75 Å². The maximum atomic E-state index is 12.5. The number of hydrogen-bond donors (Lipinski definition) is 2. The Kier molecular flexibility index (Phi) is 6.88. The highest BCUT2D eigenvalue weighted by atomic mass is 32.2. The minimum absolute atomic E-state index is 0.242. The Labute approximate surface area is 159 Å². The molecular weight excluding hydrogens is 346 g/mol. The van der Waals surface area contributed by atoms with Crippen LogP contribution in [0.2, 0.25) is 0 Å². The standard InChI is InChI=1S/C21H33NO3S/c1-9-11-16(26(24,25)22-10-2)12-15-13-17(20(3,4)5)19(23)18(14-15)21(6,7)8/h9,12-14,22-23H,1,10-11H2,2-8H3/b16-12-. The van der Waals surface area contributed by atoms with Crippen molar-refractivity contribution < 1.29 is 13.5 Å². The van der Waals surface area contributed by atoms with Crippen LogP contribution in [0.4, 0.5) is 0 Å². The Morgan fingerprint density at radius 1 is 1.12 bits per heavy atom. The van der Waals surface area contributed by atoms with Gasteiger partial charge in [-0.2, -0.15) is 0 Å². The smallest absolute Gasteiger partial charge is 0.237 e. The molecule has 5 heteroatoms. The van der Waals surface area contributed by atoms with Gasteiger partial charge in [0.25, 0.3) is 0 Å². The van der Waals surface area contributed by atoms with Crippen molar-refractivity contribution in [3.8, 4) is 5.75 Å². The van der Waals surface area contributed by atoms with Crippen molar-refractivity contribution in [3.05, 3.63) is 46.4 Å². The fourth-order valence-electron chi connectivity index (χ4n) is 2.74. The fourth-order valence-corrected chi connectivity index (χ4v) is 3.93. The average Bonchev–Trinajstić information content (AvgIpc) is 2.45. The van der Waals surface area contributed by atoms with Crippen molar-refractivity contribution in [2.24, 2.45) is 0 Å². The topological polar surface area (TPSA) is 66.4 Å². The second-order valence-electron chi connectivity index (χ2n) is 8.57. The van der Waals surface area contributed by atoms with E-state index in [1.165, 1.54) is 0 Å². The summed E-state index contributed by atoms with van der Waals surface area (Å²) in [4.78, 5) is 0.264. The van der Waals surface area contributed by atoms with Crippen LogP contribution in [0.1, 0.15) is 71.6 Å². The number of phenolic OH excluding ortho intramolecular Hbond substituents is 1. The van der Waals surface area contributed by atoms with Crippen molar-refractivity contribution >= 4 is 16.1 Å². The Hall–Kier alpha value is -1.59. The van der Waals surface area contributed by atoms with Crippen LogP contribution in [-0.2, 0) is 20.9 Å². The van der Waals surface area contributed by atoms with Gasteiger partial charge in [-0.05, 0) is 34.6 Å². The summed E-state index contributed by atoms with van der Waals surface area (Å²) in [7, 11) is -3.56. The van der Waals surface area contributed by atoms with Crippen LogP contribution < -0.4 is 4.72 Å². The van der Waals surface area contributed by atoms with E-state index < -0.39 is 10.0 Å². The Morgan fingerprint density at radius 3 is 1.92 bits per heavy atom. The number of phenols is 1. The fraction of sp³-hybridized carbons (Fsp3) is 0.524. The Morgan fingerprint density at radius 2 is 1.58 bits per heavy atom. The Balaban J connectivity index is 3.73. The molecule has 0 bridgehead atoms. The quantitative estimate of drug-likeness (QED) is 0.695. The maximum absolute atomic E-state index is 12.5. The number of hydrogen-bond acceptors (Lipinski definition) is 3. The van der Waals surface area contributed by atoms with E-state index in [-0.39, 0.29) is 27.9 Å². The van der Waals surface area contributed by atoms with E-state index in [1.807, 2.05) is 53.7 Å². The summed E-state index contributed by atoms with van der Waals surface area (Å²) in [5, 5.41) is 10.8. The third-order valence-electron chi connectivity index (χ3n) is 4.10. The second-order valence-corrected chi connectivity index (χ2v) is 10.4. The first-order chi connectivity index (χ1) is 11.7. The number of rotatable bonds is 6. The molecule has 26 heavy (non-hydrogen) atoms. The second kappa shape index (κ2) is 7.97. The average molecular weight is 380 g/mol. The molecule has 1 aromatic carbocycles. The molecule has 146 valence electrons. The van der Waals surface area contributed by atoms with E-state index in [9.17, 15) is 13.5 Å². The van der Waals surface area contributed by atoms with Gasteiger partial charge < -0.3 is 5.11 Å². The summed E-state index contributed by atoms with van der Waals surface area (Å²) >= 11 is 0. The summed E-state index contributed by atoms with van der Waals surface area (Å²) < 4.78 is 27.5. The number of sulfonamides is 1. The molecule has 0 aliphatic rings. The molecule has 1 rings (SSSR count). The van der Waals surface area contributed by atoms with Gasteiger partial charge in [0.15, 0.2) is 0 Å². The first-order valence-electron chi connectivity index (χ1n) is 8.93. The first kappa shape index (κ1) is 22.5. The van der Waals surface area contributed by atoms with Gasteiger partial charge >= 0.3 is 0 Å². The molecule has 0 unspecified atom stereocenters. The van der Waals surface area contributed by atoms with Crippen LogP contribution in [0.15, 0.2) is 29.7 Å². The van der Waals surface area contributed by atoms with E-state index in [2.05, 4.69) is 11.3 Å². The van der Waals surface area contributed by atoms with Crippen LogP contribution in [-0.4, -0.2) is 20.1 Å². The number of benzene rings is 1. The van der Waals surface area contributed by atoms with Gasteiger partial charge in [-0.25, -0.2) is 13.1 Å². The van der Waals surface area contributed by atoms with Gasteiger partial charge in [-0.3, -0.25) is 0 Å². The molecule has 0 saturated heterocycles. The van der Waals surface area contributed by atoms with Gasteiger partial charge in [0.05, 0.1) is 4.91 Å². The number of aromatic hydroxyl groups is 1. The lowest BCUT2D eigenvalue weighted by molar-refractivity contribution is 0.423. The highest BCUT2D eigenvalue weighted by Crippen LogP contribution is 2.40. The van der Waals surface area contributed by atoms with Crippen LogP contribution >= 0.6 is 0 Å². The third kappa shape index (κ3) is 5.45. The van der Waals surface area contributed by atoms with E-state index >= 15 is 0 Å². The molecule has 4 nitrogen and oxygen atoms in total. The number of nitrogens with one attached hydrogen (secondary N) is 1. The van der Waals surface area contributed by atoms with E-state index in [1.54, 1.807) is 19.1 Å². The van der Waals surface area contributed by atoms with Gasteiger partial charge in [0, 0.05) is 24.1 Å². The summed E-state index contributed by atoms with van der Waals surface area (Å²) in [6, 6.07) is 3.74. The summed E-state index contributed by atoms with van der Waals surface area (Å²) in [6.07, 6.45) is 3.49. The molecule has 2 N–H and O–H groups in total. The molecule has 0 atom stereocenters. The molecule has 0 saturated carbocycles. The minimum atomic E-state index is -3.56. The van der Waals surface area contributed by atoms with Gasteiger partial charge in [-0.15, -0.1) is 6.58 Å². The van der Waals surface area contributed by atoms with Crippen molar-refractivity contribution in [1.82, 2.24) is 4.72 Å². The molecule has 0 aromatic heterocycles. The molecule has 0 radical (unpaired) electrons. The monoisotopic (exact) mass is 379 g/mol. The van der Waals surface area contributed by atoms with Crippen LogP contribution in [0.25, 0.3) is 6.08 Å². The van der Waals surface area contributed by atoms with Gasteiger partial charge in [0.1, 0.15) is 5.75 Å². The lowest BCUT2D eigenvalue weighted by Gasteiger charge is -2.28. The first-order valence-corrected chi connectivity index (χ1v) is 10.4. The lowest BCUT2D eigenvalue weighted by Crippen LogP contribution is -2.24. The lowest BCUT2D eigenvalue weighted by atomic mass is 9.78. The van der Waals surface area contributed by atoms with Crippen molar-refractivity contribution in [2.45, 2.75) is 65.7 Å². The molecule has 0 aliphatic heterocycles. The summed E-state index contributed by atoms with van der Waals surface area (Å²) in [5.74, 6) is 0.280. The van der Waals surface area contributed by atoms with Crippen LogP contribution in [0.3, 0.4) is 0 Å². The molecule has 0 spiro atoms. The Bertz CT molecular complexity index is 757. The molecule has 0 amide bonds. The SMILES string of the molecule is C=CC/C(=C/c1cc(C(C)(C)C)c(O)c(C(C)(C)C)c1)S(=O)(=O)NCC. The zero-order chi connectivity index (χ0) is 20.3. The van der Waals surface area contributed by atoms with E-state index in [0.717, 1.165) is 16.7 Å². The predicted octanol–water partition coefficient (Wildman–Crippen LogP) is 4.84. The molecule has 0 fully saturated rings. The van der Waals surface area contributed by atoms with Gasteiger partial charge in [0.2, 0.25) is 10.0 Å². The van der Waals surface area contributed by atoms with E-state index in [0.29, 0.717) is 6.54 Å². The summed E-state index contributed by atoms with van der Waals surface area (Å²) in [6.45, 7) is 17.9. The number of allylic oxidation sites excluding steroid dienone is 2.